The van der Waals surface area contributed by atoms with E-state index in [0.29, 0.717) is 12.0 Å². The highest BCUT2D eigenvalue weighted by Gasteiger charge is 2.28. The Kier molecular flexibility index (Phi) is 3.87. The van der Waals surface area contributed by atoms with Crippen molar-refractivity contribution in [3.8, 4) is 0 Å². The Morgan fingerprint density at radius 2 is 2.16 bits per heavy atom. The van der Waals surface area contributed by atoms with Crippen LogP contribution in [0.2, 0.25) is 0 Å². The van der Waals surface area contributed by atoms with Gasteiger partial charge in [-0.2, -0.15) is 0 Å². The monoisotopic (exact) mass is 274 g/mol. The molecular formula is C16H22N2S. The number of rotatable bonds is 3. The van der Waals surface area contributed by atoms with E-state index in [1.165, 1.54) is 40.6 Å². The summed E-state index contributed by atoms with van der Waals surface area (Å²) in [6, 6.07) is 11.2. The standard InChI is InChI=1S/C16H22N2S/c1-11-5-4-7-13(9-11)16(18-17)15-10-12-6-2-3-8-14(12)19-15/h2-3,6,8,10-11,13,16,18H,4-5,7,9,17H2,1H3. The first kappa shape index (κ1) is 13.1. The minimum Gasteiger partial charge on any atom is -0.271 e. The Balaban J connectivity index is 1.88. The van der Waals surface area contributed by atoms with Gasteiger partial charge in [-0.25, -0.2) is 0 Å². The summed E-state index contributed by atoms with van der Waals surface area (Å²) in [5, 5.41) is 1.34. The van der Waals surface area contributed by atoms with Gasteiger partial charge in [-0.15, -0.1) is 11.3 Å². The van der Waals surface area contributed by atoms with Gasteiger partial charge in [0.25, 0.3) is 0 Å². The van der Waals surface area contributed by atoms with E-state index in [2.05, 4.69) is 42.7 Å². The molecule has 1 aliphatic rings. The molecule has 0 bridgehead atoms. The molecule has 1 aromatic heterocycles. The van der Waals surface area contributed by atoms with Gasteiger partial charge in [0.15, 0.2) is 0 Å². The third-order valence-electron chi connectivity index (χ3n) is 4.38. The number of nitrogens with one attached hydrogen (secondary N) is 1. The van der Waals surface area contributed by atoms with Gasteiger partial charge in [0.1, 0.15) is 0 Å². The molecule has 3 rings (SSSR count). The van der Waals surface area contributed by atoms with Crippen LogP contribution in [0.5, 0.6) is 0 Å². The lowest BCUT2D eigenvalue weighted by Gasteiger charge is -2.32. The summed E-state index contributed by atoms with van der Waals surface area (Å²) in [5.74, 6) is 7.38. The third-order valence-corrected chi connectivity index (χ3v) is 5.58. The van der Waals surface area contributed by atoms with Gasteiger partial charge >= 0.3 is 0 Å². The van der Waals surface area contributed by atoms with Gasteiger partial charge in [-0.05, 0) is 42.2 Å². The first-order valence-electron chi connectivity index (χ1n) is 7.22. The second kappa shape index (κ2) is 5.61. The molecule has 3 unspecified atom stereocenters. The van der Waals surface area contributed by atoms with Crippen molar-refractivity contribution in [3.05, 3.63) is 35.2 Å². The van der Waals surface area contributed by atoms with E-state index in [1.54, 1.807) is 0 Å². The van der Waals surface area contributed by atoms with Crippen LogP contribution in [-0.2, 0) is 0 Å². The maximum atomic E-state index is 5.86. The molecule has 2 aromatic rings. The summed E-state index contributed by atoms with van der Waals surface area (Å²) in [7, 11) is 0. The highest BCUT2D eigenvalue weighted by atomic mass is 32.1. The molecule has 0 spiro atoms. The maximum Gasteiger partial charge on any atom is 0.0581 e. The van der Waals surface area contributed by atoms with E-state index in [0.717, 1.165) is 5.92 Å². The lowest BCUT2D eigenvalue weighted by atomic mass is 9.78. The Bertz CT molecular complexity index is 515. The van der Waals surface area contributed by atoms with Crippen LogP contribution in [0.4, 0.5) is 0 Å². The molecule has 1 heterocycles. The zero-order valence-corrected chi connectivity index (χ0v) is 12.2. The summed E-state index contributed by atoms with van der Waals surface area (Å²) in [6.07, 6.45) is 5.31. The average Bonchev–Trinajstić information content (AvgIpc) is 2.83. The lowest BCUT2D eigenvalue weighted by Crippen LogP contribution is -2.35. The Hall–Kier alpha value is -0.900. The van der Waals surface area contributed by atoms with Gasteiger partial charge in [0.05, 0.1) is 6.04 Å². The predicted octanol–water partition coefficient (Wildman–Crippen LogP) is 4.23. The van der Waals surface area contributed by atoms with E-state index in [-0.39, 0.29) is 0 Å². The van der Waals surface area contributed by atoms with E-state index in [4.69, 9.17) is 5.84 Å². The number of fused-ring (bicyclic) bond motifs is 1. The van der Waals surface area contributed by atoms with Crippen LogP contribution >= 0.6 is 11.3 Å². The fraction of sp³-hybridized carbons (Fsp3) is 0.500. The van der Waals surface area contributed by atoms with Crippen molar-refractivity contribution in [3.63, 3.8) is 0 Å². The van der Waals surface area contributed by atoms with E-state index in [9.17, 15) is 0 Å². The van der Waals surface area contributed by atoms with Gasteiger partial charge in [-0.3, -0.25) is 11.3 Å². The molecule has 1 aliphatic carbocycles. The van der Waals surface area contributed by atoms with Crippen molar-refractivity contribution in [2.45, 2.75) is 38.6 Å². The Labute approximate surface area is 119 Å². The summed E-state index contributed by atoms with van der Waals surface area (Å²) in [4.78, 5) is 1.39. The van der Waals surface area contributed by atoms with E-state index in [1.807, 2.05) is 11.3 Å². The topological polar surface area (TPSA) is 38.0 Å². The first-order valence-corrected chi connectivity index (χ1v) is 8.04. The molecule has 0 saturated heterocycles. The molecule has 3 heteroatoms. The average molecular weight is 274 g/mol. The Morgan fingerprint density at radius 3 is 2.89 bits per heavy atom. The highest BCUT2D eigenvalue weighted by Crippen LogP contribution is 2.40. The molecule has 2 nitrogen and oxygen atoms in total. The molecular weight excluding hydrogens is 252 g/mol. The number of hydrogen-bond donors (Lipinski definition) is 2. The van der Waals surface area contributed by atoms with Crippen LogP contribution < -0.4 is 11.3 Å². The number of nitrogens with two attached hydrogens (primary N) is 1. The Morgan fingerprint density at radius 1 is 1.32 bits per heavy atom. The predicted molar refractivity (Wildman–Crippen MR) is 83.0 cm³/mol. The summed E-state index contributed by atoms with van der Waals surface area (Å²) in [6.45, 7) is 2.37. The molecule has 1 aromatic carbocycles. The van der Waals surface area contributed by atoms with Crippen molar-refractivity contribution in [1.82, 2.24) is 5.43 Å². The number of hydrogen-bond acceptors (Lipinski definition) is 3. The zero-order valence-electron chi connectivity index (χ0n) is 11.4. The van der Waals surface area contributed by atoms with Crippen LogP contribution in [0.3, 0.4) is 0 Å². The van der Waals surface area contributed by atoms with Crippen molar-refractivity contribution in [2.75, 3.05) is 0 Å². The molecule has 0 amide bonds. The summed E-state index contributed by atoms with van der Waals surface area (Å²) >= 11 is 1.88. The van der Waals surface area contributed by atoms with Crippen molar-refractivity contribution in [2.24, 2.45) is 17.7 Å². The van der Waals surface area contributed by atoms with Crippen molar-refractivity contribution < 1.29 is 0 Å². The number of hydrazine groups is 1. The first-order chi connectivity index (χ1) is 9.28. The molecule has 19 heavy (non-hydrogen) atoms. The largest absolute Gasteiger partial charge is 0.271 e. The van der Waals surface area contributed by atoms with E-state index < -0.39 is 0 Å². The second-order valence-electron chi connectivity index (χ2n) is 5.86. The highest BCUT2D eigenvalue weighted by molar-refractivity contribution is 7.19. The number of benzene rings is 1. The molecule has 1 saturated carbocycles. The van der Waals surface area contributed by atoms with Gasteiger partial charge in [0.2, 0.25) is 0 Å². The second-order valence-corrected chi connectivity index (χ2v) is 6.98. The lowest BCUT2D eigenvalue weighted by molar-refractivity contribution is 0.226. The van der Waals surface area contributed by atoms with Crippen LogP contribution in [0.25, 0.3) is 10.1 Å². The van der Waals surface area contributed by atoms with E-state index >= 15 is 0 Å². The molecule has 0 aliphatic heterocycles. The molecule has 3 N–H and O–H groups in total. The SMILES string of the molecule is CC1CCCC(C(NN)c2cc3ccccc3s2)C1. The van der Waals surface area contributed by atoms with Crippen molar-refractivity contribution in [1.29, 1.82) is 0 Å². The molecule has 1 fully saturated rings. The fourth-order valence-electron chi connectivity index (χ4n) is 3.39. The summed E-state index contributed by atoms with van der Waals surface area (Å²) in [5.41, 5.74) is 3.08. The molecule has 102 valence electrons. The van der Waals surface area contributed by atoms with Crippen LogP contribution in [0.15, 0.2) is 30.3 Å². The quantitative estimate of drug-likeness (QED) is 0.649. The third kappa shape index (κ3) is 2.69. The minimum absolute atomic E-state index is 0.320. The summed E-state index contributed by atoms with van der Waals surface area (Å²) < 4.78 is 1.36. The fourth-order valence-corrected chi connectivity index (χ4v) is 4.61. The van der Waals surface area contributed by atoms with Crippen LogP contribution in [0, 0.1) is 11.8 Å². The van der Waals surface area contributed by atoms with Gasteiger partial charge in [0, 0.05) is 9.58 Å². The maximum absolute atomic E-state index is 5.86. The smallest absolute Gasteiger partial charge is 0.0581 e. The van der Waals surface area contributed by atoms with Crippen LogP contribution in [0.1, 0.15) is 43.5 Å². The van der Waals surface area contributed by atoms with Crippen molar-refractivity contribution >= 4 is 21.4 Å². The van der Waals surface area contributed by atoms with Gasteiger partial charge in [-0.1, -0.05) is 38.0 Å². The van der Waals surface area contributed by atoms with Crippen LogP contribution in [-0.4, -0.2) is 0 Å². The zero-order chi connectivity index (χ0) is 13.2. The minimum atomic E-state index is 0.320. The van der Waals surface area contributed by atoms with Gasteiger partial charge < -0.3 is 0 Å². The molecule has 3 atom stereocenters. The molecule has 0 radical (unpaired) electrons. The normalized spacial score (nSPS) is 25.6. The number of thiophene rings is 1.